The maximum Gasteiger partial charge on any atom is 0.235 e. The van der Waals surface area contributed by atoms with Crippen LogP contribution in [0.2, 0.25) is 0 Å². The lowest BCUT2D eigenvalue weighted by Crippen LogP contribution is -2.20. The van der Waals surface area contributed by atoms with Crippen molar-refractivity contribution in [1.82, 2.24) is 9.78 Å². The summed E-state index contributed by atoms with van der Waals surface area (Å²) in [6, 6.07) is 6.20. The third-order valence-corrected chi connectivity index (χ3v) is 7.78. The lowest BCUT2D eigenvalue weighted by Gasteiger charge is -2.17. The van der Waals surface area contributed by atoms with Gasteiger partial charge in [0, 0.05) is 11.1 Å². The van der Waals surface area contributed by atoms with Gasteiger partial charge in [-0.2, -0.15) is 5.10 Å². The molecule has 26 heavy (non-hydrogen) atoms. The molecule has 4 rings (SSSR count). The number of anilines is 1. The molecule has 1 amide bonds. The maximum absolute atomic E-state index is 14.4. The zero-order valence-electron chi connectivity index (χ0n) is 14.1. The summed E-state index contributed by atoms with van der Waals surface area (Å²) in [6.07, 6.45) is 0.462. The number of benzene rings is 1. The summed E-state index contributed by atoms with van der Waals surface area (Å²) < 4.78 is 39.8. The molecule has 1 fully saturated rings. The molecule has 2 aromatic rings. The van der Waals surface area contributed by atoms with Crippen molar-refractivity contribution < 1.29 is 17.6 Å². The molecule has 2 aliphatic heterocycles. The molecule has 1 saturated heterocycles. The molecule has 0 radical (unpaired) electrons. The molecule has 0 spiro atoms. The first kappa shape index (κ1) is 17.5. The second-order valence-corrected chi connectivity index (χ2v) is 9.93. The number of hydrogen-bond acceptors (Lipinski definition) is 5. The summed E-state index contributed by atoms with van der Waals surface area (Å²) in [5.41, 5.74) is 1.92. The minimum Gasteiger partial charge on any atom is -0.310 e. The van der Waals surface area contributed by atoms with Gasteiger partial charge in [0.15, 0.2) is 9.84 Å². The summed E-state index contributed by atoms with van der Waals surface area (Å²) in [7, 11) is -3.09. The lowest BCUT2D eigenvalue weighted by molar-refractivity contribution is -0.113. The monoisotopic (exact) mass is 395 g/mol. The van der Waals surface area contributed by atoms with Crippen LogP contribution < -0.4 is 5.32 Å². The fourth-order valence-electron chi connectivity index (χ4n) is 3.57. The maximum atomic E-state index is 14.4. The Hall–Kier alpha value is -1.87. The predicted octanol–water partition coefficient (Wildman–Crippen LogP) is 2.46. The third-order valence-electron chi connectivity index (χ3n) is 4.77. The summed E-state index contributed by atoms with van der Waals surface area (Å²) in [6.45, 7) is 1.81. The van der Waals surface area contributed by atoms with Crippen LogP contribution in [0.15, 0.2) is 24.3 Å². The molecule has 138 valence electrons. The molecule has 2 aliphatic rings. The predicted molar refractivity (Wildman–Crippen MR) is 98.6 cm³/mol. The number of hydrogen-bond donors (Lipinski definition) is 1. The molecule has 9 heteroatoms. The van der Waals surface area contributed by atoms with E-state index >= 15 is 0 Å². The summed E-state index contributed by atoms with van der Waals surface area (Å²) in [5, 5.41) is 7.00. The van der Waals surface area contributed by atoms with Gasteiger partial charge in [0.2, 0.25) is 5.91 Å². The van der Waals surface area contributed by atoms with Crippen molar-refractivity contribution in [1.29, 1.82) is 0 Å². The number of carbonyl (C=O) groups is 1. The van der Waals surface area contributed by atoms with E-state index in [1.54, 1.807) is 22.9 Å². The van der Waals surface area contributed by atoms with Crippen molar-refractivity contribution >= 4 is 33.3 Å². The van der Waals surface area contributed by atoms with Gasteiger partial charge >= 0.3 is 0 Å². The second kappa shape index (κ2) is 6.38. The zero-order chi connectivity index (χ0) is 18.5. The normalized spacial score (nSPS) is 24.8. The van der Waals surface area contributed by atoms with Crippen molar-refractivity contribution in [3.63, 3.8) is 0 Å². The Balaban J connectivity index is 1.85. The Kier molecular flexibility index (Phi) is 4.31. The number of aryl methyl sites for hydroxylation is 1. The van der Waals surface area contributed by atoms with Crippen molar-refractivity contribution in [2.45, 2.75) is 24.6 Å². The summed E-state index contributed by atoms with van der Waals surface area (Å²) in [5.74, 6) is 0.278. The highest BCUT2D eigenvalue weighted by Gasteiger charge is 2.36. The SMILES string of the molecule is Cc1nn([C@@H]2CCS(=O)(=O)C2)c2c1[C@H](c1ccccc1F)SCC(=O)N2. The Morgan fingerprint density at radius 2 is 2.12 bits per heavy atom. The largest absolute Gasteiger partial charge is 0.310 e. The van der Waals surface area contributed by atoms with Gasteiger partial charge in [-0.1, -0.05) is 18.2 Å². The van der Waals surface area contributed by atoms with Gasteiger partial charge < -0.3 is 5.32 Å². The number of sulfone groups is 1. The van der Waals surface area contributed by atoms with E-state index in [2.05, 4.69) is 10.4 Å². The van der Waals surface area contributed by atoms with Crippen LogP contribution in [0.1, 0.15) is 34.5 Å². The minimum absolute atomic E-state index is 0.00788. The Morgan fingerprint density at radius 1 is 1.35 bits per heavy atom. The highest BCUT2D eigenvalue weighted by atomic mass is 32.2. The van der Waals surface area contributed by atoms with E-state index in [9.17, 15) is 17.6 Å². The molecule has 0 bridgehead atoms. The smallest absolute Gasteiger partial charge is 0.235 e. The van der Waals surface area contributed by atoms with Gasteiger partial charge in [-0.15, -0.1) is 11.8 Å². The van der Waals surface area contributed by atoms with Gasteiger partial charge in [-0.25, -0.2) is 17.5 Å². The van der Waals surface area contributed by atoms with Crippen LogP contribution >= 0.6 is 11.8 Å². The summed E-state index contributed by atoms with van der Waals surface area (Å²) in [4.78, 5) is 12.2. The van der Waals surface area contributed by atoms with E-state index in [0.717, 1.165) is 5.56 Å². The average Bonchev–Trinajstić information content (AvgIpc) is 3.03. The number of nitrogens with zero attached hydrogens (tertiary/aromatic N) is 2. The molecule has 0 aliphatic carbocycles. The molecule has 3 heterocycles. The molecule has 1 aromatic carbocycles. The molecule has 6 nitrogen and oxygen atoms in total. The highest BCUT2D eigenvalue weighted by Crippen LogP contribution is 2.45. The van der Waals surface area contributed by atoms with E-state index in [4.69, 9.17) is 0 Å². The Bertz CT molecular complexity index is 987. The van der Waals surface area contributed by atoms with E-state index in [-0.39, 0.29) is 40.3 Å². The van der Waals surface area contributed by atoms with Gasteiger partial charge in [-0.3, -0.25) is 4.79 Å². The van der Waals surface area contributed by atoms with E-state index in [1.807, 2.05) is 6.92 Å². The molecule has 0 saturated carbocycles. The average molecular weight is 395 g/mol. The molecule has 0 unspecified atom stereocenters. The van der Waals surface area contributed by atoms with Crippen LogP contribution in [-0.2, 0) is 14.6 Å². The van der Waals surface area contributed by atoms with Crippen LogP contribution in [0.5, 0.6) is 0 Å². The molecular formula is C17H18FN3O3S2. The lowest BCUT2D eigenvalue weighted by atomic mass is 10.0. The second-order valence-electron chi connectivity index (χ2n) is 6.61. The molecular weight excluding hydrogens is 377 g/mol. The van der Waals surface area contributed by atoms with Crippen molar-refractivity contribution in [2.24, 2.45) is 0 Å². The summed E-state index contributed by atoms with van der Waals surface area (Å²) >= 11 is 1.35. The molecule has 2 atom stereocenters. The van der Waals surface area contributed by atoms with Crippen LogP contribution in [-0.4, -0.2) is 41.4 Å². The van der Waals surface area contributed by atoms with Crippen LogP contribution in [0.4, 0.5) is 10.2 Å². The Morgan fingerprint density at radius 3 is 2.81 bits per heavy atom. The number of thioether (sulfide) groups is 1. The number of nitrogens with one attached hydrogen (secondary N) is 1. The quantitative estimate of drug-likeness (QED) is 0.845. The number of fused-ring (bicyclic) bond motifs is 1. The topological polar surface area (TPSA) is 81.1 Å². The van der Waals surface area contributed by atoms with Gasteiger partial charge in [0.05, 0.1) is 34.2 Å². The number of halogens is 1. The van der Waals surface area contributed by atoms with E-state index in [1.165, 1.54) is 17.8 Å². The minimum atomic E-state index is -3.09. The van der Waals surface area contributed by atoms with E-state index in [0.29, 0.717) is 23.5 Å². The van der Waals surface area contributed by atoms with Crippen molar-refractivity contribution in [3.05, 3.63) is 46.9 Å². The van der Waals surface area contributed by atoms with Crippen LogP contribution in [0.3, 0.4) is 0 Å². The Labute approximate surface area is 155 Å². The zero-order valence-corrected chi connectivity index (χ0v) is 15.7. The number of aromatic nitrogens is 2. The van der Waals surface area contributed by atoms with Crippen LogP contribution in [0.25, 0.3) is 0 Å². The molecule has 1 N–H and O–H groups in total. The first-order valence-corrected chi connectivity index (χ1v) is 11.2. The van der Waals surface area contributed by atoms with Gasteiger partial charge in [0.1, 0.15) is 11.6 Å². The van der Waals surface area contributed by atoms with Crippen LogP contribution in [0, 0.1) is 12.7 Å². The first-order chi connectivity index (χ1) is 12.4. The first-order valence-electron chi connectivity index (χ1n) is 8.31. The van der Waals surface area contributed by atoms with Crippen molar-refractivity contribution in [2.75, 3.05) is 22.6 Å². The number of carbonyl (C=O) groups excluding carboxylic acids is 1. The third kappa shape index (κ3) is 3.03. The van der Waals surface area contributed by atoms with Gasteiger partial charge in [0.25, 0.3) is 0 Å². The number of rotatable bonds is 2. The number of amides is 1. The van der Waals surface area contributed by atoms with Crippen molar-refractivity contribution in [3.8, 4) is 0 Å². The fourth-order valence-corrected chi connectivity index (χ4v) is 6.48. The fraction of sp³-hybridized carbons (Fsp3) is 0.412. The van der Waals surface area contributed by atoms with Gasteiger partial charge in [-0.05, 0) is 19.4 Å². The van der Waals surface area contributed by atoms with E-state index < -0.39 is 9.84 Å². The standard InChI is InChI=1S/C17H18FN3O3S2/c1-10-15-16(12-4-2-3-5-13(12)18)25-8-14(22)19-17(15)21(20-10)11-6-7-26(23,24)9-11/h2-5,11,16H,6-9H2,1H3,(H,19,22)/t11-,16+/m1/s1. The molecule has 1 aromatic heterocycles. The highest BCUT2D eigenvalue weighted by molar-refractivity contribution is 8.00.